The lowest BCUT2D eigenvalue weighted by Gasteiger charge is -2.02. The Morgan fingerprint density at radius 1 is 1.29 bits per heavy atom. The lowest BCUT2D eigenvalue weighted by atomic mass is 10.3. The Balaban J connectivity index is 2.05. The van der Waals surface area contributed by atoms with Gasteiger partial charge in [0, 0.05) is 12.2 Å². The van der Waals surface area contributed by atoms with Gasteiger partial charge < -0.3 is 0 Å². The van der Waals surface area contributed by atoms with Gasteiger partial charge in [0.1, 0.15) is 0 Å². The summed E-state index contributed by atoms with van der Waals surface area (Å²) in [5, 5.41) is 12.5. The van der Waals surface area contributed by atoms with E-state index in [1.807, 2.05) is 30.3 Å². The van der Waals surface area contributed by atoms with Gasteiger partial charge in [0.15, 0.2) is 0 Å². The van der Waals surface area contributed by atoms with Crippen LogP contribution in [0, 0.1) is 12.3 Å². The molecule has 0 saturated heterocycles. The molecule has 86 valence electrons. The number of terminal acetylenes is 1. The van der Waals surface area contributed by atoms with Crippen LogP contribution >= 0.6 is 11.8 Å². The Hall–Kier alpha value is -1.80. The zero-order valence-electron chi connectivity index (χ0n) is 9.28. The minimum Gasteiger partial charge on any atom is -0.188 e. The normalized spacial score (nSPS) is 10.1. The highest BCUT2D eigenvalue weighted by Gasteiger charge is 2.07. The number of unbranched alkanes of at least 4 members (excludes halogenated alkanes) is 1. The summed E-state index contributed by atoms with van der Waals surface area (Å²) >= 11 is 1.62. The molecule has 0 aliphatic heterocycles. The van der Waals surface area contributed by atoms with E-state index in [2.05, 4.69) is 21.4 Å². The standard InChI is InChI=1S/C12H12N4S/c1-2-3-7-10-17-12-13-14-15-16(12)11-8-5-4-6-9-11/h1,4-6,8-9H,3,7,10H2. The van der Waals surface area contributed by atoms with Crippen molar-refractivity contribution in [3.05, 3.63) is 30.3 Å². The van der Waals surface area contributed by atoms with Gasteiger partial charge >= 0.3 is 0 Å². The monoisotopic (exact) mass is 244 g/mol. The Morgan fingerprint density at radius 2 is 2.12 bits per heavy atom. The molecule has 0 bridgehead atoms. The summed E-state index contributed by atoms with van der Waals surface area (Å²) in [5.41, 5.74) is 0.969. The van der Waals surface area contributed by atoms with E-state index < -0.39 is 0 Å². The number of thioether (sulfide) groups is 1. The summed E-state index contributed by atoms with van der Waals surface area (Å²) in [6.45, 7) is 0. The average Bonchev–Trinajstić information content (AvgIpc) is 2.84. The zero-order chi connectivity index (χ0) is 11.9. The molecule has 4 nitrogen and oxygen atoms in total. The predicted molar refractivity (Wildman–Crippen MR) is 67.9 cm³/mol. The first-order valence-corrected chi connectivity index (χ1v) is 6.30. The van der Waals surface area contributed by atoms with Gasteiger partial charge in [-0.3, -0.25) is 0 Å². The van der Waals surface area contributed by atoms with E-state index in [1.54, 1.807) is 16.4 Å². The van der Waals surface area contributed by atoms with Crippen molar-refractivity contribution in [2.45, 2.75) is 18.0 Å². The predicted octanol–water partition coefficient (Wildman–Crippen LogP) is 2.17. The van der Waals surface area contributed by atoms with Crippen LogP contribution in [0.5, 0.6) is 0 Å². The summed E-state index contributed by atoms with van der Waals surface area (Å²) in [6.07, 6.45) is 6.97. The SMILES string of the molecule is C#CCCCSc1nnnn1-c1ccccc1. The topological polar surface area (TPSA) is 43.6 Å². The minimum atomic E-state index is 0.792. The van der Waals surface area contributed by atoms with Crippen LogP contribution in [0.3, 0.4) is 0 Å². The summed E-state index contributed by atoms with van der Waals surface area (Å²) in [7, 11) is 0. The molecule has 0 aliphatic rings. The Kier molecular flexibility index (Phi) is 4.17. The number of hydrogen-bond donors (Lipinski definition) is 0. The number of nitrogens with zero attached hydrogens (tertiary/aromatic N) is 4. The number of rotatable bonds is 5. The molecular weight excluding hydrogens is 232 g/mol. The van der Waals surface area contributed by atoms with Crippen molar-refractivity contribution in [3.63, 3.8) is 0 Å². The second-order valence-corrected chi connectivity index (χ2v) is 4.43. The van der Waals surface area contributed by atoms with Crippen LogP contribution in [0.4, 0.5) is 0 Å². The molecule has 2 rings (SSSR count). The Bertz CT molecular complexity index is 501. The first-order valence-electron chi connectivity index (χ1n) is 5.32. The highest BCUT2D eigenvalue weighted by Crippen LogP contribution is 2.18. The Labute approximate surface area is 104 Å². The van der Waals surface area contributed by atoms with Crippen molar-refractivity contribution in [2.24, 2.45) is 0 Å². The van der Waals surface area contributed by atoms with Crippen LogP contribution in [0.2, 0.25) is 0 Å². The largest absolute Gasteiger partial charge is 0.214 e. The highest BCUT2D eigenvalue weighted by molar-refractivity contribution is 7.99. The fraction of sp³-hybridized carbons (Fsp3) is 0.250. The van der Waals surface area contributed by atoms with Crippen LogP contribution in [0.25, 0.3) is 5.69 Å². The molecule has 0 atom stereocenters. The van der Waals surface area contributed by atoms with E-state index in [9.17, 15) is 0 Å². The van der Waals surface area contributed by atoms with Gasteiger partial charge in [-0.15, -0.1) is 17.4 Å². The van der Waals surface area contributed by atoms with Gasteiger partial charge in [-0.1, -0.05) is 30.0 Å². The molecule has 1 heterocycles. The third-order valence-corrected chi connectivity index (χ3v) is 3.14. The molecular formula is C12H12N4S. The molecule has 17 heavy (non-hydrogen) atoms. The van der Waals surface area contributed by atoms with Crippen molar-refractivity contribution < 1.29 is 0 Å². The highest BCUT2D eigenvalue weighted by atomic mass is 32.2. The molecule has 0 unspecified atom stereocenters. The van der Waals surface area contributed by atoms with E-state index in [0.717, 1.165) is 29.4 Å². The second kappa shape index (κ2) is 6.06. The number of benzene rings is 1. The maximum absolute atomic E-state index is 5.20. The van der Waals surface area contributed by atoms with E-state index in [-0.39, 0.29) is 0 Å². The van der Waals surface area contributed by atoms with Gasteiger partial charge in [-0.25, -0.2) is 0 Å². The van der Waals surface area contributed by atoms with Crippen LogP contribution in [0.1, 0.15) is 12.8 Å². The Morgan fingerprint density at radius 3 is 2.88 bits per heavy atom. The van der Waals surface area contributed by atoms with Crippen LogP contribution in [0.15, 0.2) is 35.5 Å². The van der Waals surface area contributed by atoms with Crippen molar-refractivity contribution >= 4 is 11.8 Å². The molecule has 1 aromatic heterocycles. The van der Waals surface area contributed by atoms with Crippen LogP contribution in [-0.4, -0.2) is 26.0 Å². The van der Waals surface area contributed by atoms with Gasteiger partial charge in [-0.2, -0.15) is 4.68 Å². The van der Waals surface area contributed by atoms with Crippen LogP contribution in [-0.2, 0) is 0 Å². The third kappa shape index (κ3) is 3.08. The third-order valence-electron chi connectivity index (χ3n) is 2.14. The van der Waals surface area contributed by atoms with Gasteiger partial charge in [0.25, 0.3) is 0 Å². The molecule has 1 aromatic carbocycles. The fourth-order valence-electron chi connectivity index (χ4n) is 1.34. The van der Waals surface area contributed by atoms with E-state index in [0.29, 0.717) is 0 Å². The molecule has 0 spiro atoms. The van der Waals surface area contributed by atoms with Crippen molar-refractivity contribution in [1.29, 1.82) is 0 Å². The van der Waals surface area contributed by atoms with E-state index in [4.69, 9.17) is 6.42 Å². The lowest BCUT2D eigenvalue weighted by molar-refractivity contribution is 0.756. The van der Waals surface area contributed by atoms with Gasteiger partial charge in [-0.05, 0) is 29.0 Å². The number of hydrogen-bond acceptors (Lipinski definition) is 4. The molecule has 2 aromatic rings. The lowest BCUT2D eigenvalue weighted by Crippen LogP contribution is -1.98. The second-order valence-electron chi connectivity index (χ2n) is 3.36. The zero-order valence-corrected chi connectivity index (χ0v) is 10.1. The maximum atomic E-state index is 5.20. The molecule has 0 N–H and O–H groups in total. The van der Waals surface area contributed by atoms with E-state index in [1.165, 1.54) is 0 Å². The molecule has 0 aliphatic carbocycles. The fourth-order valence-corrected chi connectivity index (χ4v) is 2.17. The molecule has 0 fully saturated rings. The van der Waals surface area contributed by atoms with Crippen LogP contribution < -0.4 is 0 Å². The van der Waals surface area contributed by atoms with Gasteiger partial charge in [0.2, 0.25) is 5.16 Å². The van der Waals surface area contributed by atoms with Gasteiger partial charge in [0.05, 0.1) is 5.69 Å². The maximum Gasteiger partial charge on any atom is 0.214 e. The summed E-state index contributed by atoms with van der Waals surface area (Å²) < 4.78 is 1.74. The molecule has 0 saturated carbocycles. The minimum absolute atomic E-state index is 0.792. The first-order chi connectivity index (χ1) is 8.42. The van der Waals surface area contributed by atoms with Crippen molar-refractivity contribution in [3.8, 4) is 18.0 Å². The van der Waals surface area contributed by atoms with E-state index >= 15 is 0 Å². The molecule has 5 heteroatoms. The van der Waals surface area contributed by atoms with Crippen molar-refractivity contribution in [2.75, 3.05) is 5.75 Å². The smallest absolute Gasteiger partial charge is 0.188 e. The number of para-hydroxylation sites is 1. The number of aromatic nitrogens is 4. The first kappa shape index (κ1) is 11.7. The number of tetrazole rings is 1. The molecule has 0 amide bonds. The molecule has 0 radical (unpaired) electrons. The quantitative estimate of drug-likeness (QED) is 0.459. The summed E-state index contributed by atoms with van der Waals surface area (Å²) in [5.74, 6) is 3.55. The summed E-state index contributed by atoms with van der Waals surface area (Å²) in [6, 6.07) is 9.84. The average molecular weight is 244 g/mol. The summed E-state index contributed by atoms with van der Waals surface area (Å²) in [4.78, 5) is 0. The van der Waals surface area contributed by atoms with Crippen molar-refractivity contribution in [1.82, 2.24) is 20.2 Å².